The smallest absolute Gasteiger partial charge is 0.500 e. The number of allylic oxidation sites excluding steroid dienone is 4. The Kier molecular flexibility index (Phi) is 55.2. The van der Waals surface area contributed by atoms with Gasteiger partial charge in [0, 0.05) is 150 Å². The van der Waals surface area contributed by atoms with Crippen molar-refractivity contribution in [3.63, 3.8) is 0 Å². The van der Waals surface area contributed by atoms with Crippen molar-refractivity contribution in [2.24, 2.45) is 98.9 Å². The molecule has 14 heterocycles. The normalized spacial score (nSPS) is 38.2. The molecule has 147 heavy (non-hydrogen) atoms. The van der Waals surface area contributed by atoms with E-state index in [0.717, 1.165) is 25.3 Å². The molecule has 20 bridgehead atoms. The second-order valence-electron chi connectivity index (χ2n) is 37.8. The van der Waals surface area contributed by atoms with Gasteiger partial charge in [-0.2, -0.15) is 0 Å². The first-order valence-corrected chi connectivity index (χ1v) is 84.9. The van der Waals surface area contributed by atoms with Crippen LogP contribution in [0.5, 0.6) is 0 Å². The number of fused-ring (bicyclic) bond motifs is 10. The van der Waals surface area contributed by atoms with Crippen molar-refractivity contribution in [1.29, 1.82) is 0 Å². The van der Waals surface area contributed by atoms with Crippen LogP contribution in [0.3, 0.4) is 0 Å². The summed E-state index contributed by atoms with van der Waals surface area (Å²) in [6.45, 7) is 6.87. The first-order chi connectivity index (χ1) is 68.7. The van der Waals surface area contributed by atoms with Gasteiger partial charge in [0.05, 0.1) is 49.9 Å². The predicted molar refractivity (Wildman–Crippen MR) is 552 cm³/mol. The maximum atomic E-state index is 11.2. The van der Waals surface area contributed by atoms with Gasteiger partial charge in [-0.25, -0.2) is 0 Å². The number of hydrogen-bond donors (Lipinski definition) is 13. The molecule has 8 unspecified atom stereocenters. The Labute approximate surface area is 926 Å². The summed E-state index contributed by atoms with van der Waals surface area (Å²) in [5.41, 5.74) is 71.3. The molecule has 0 radical (unpaired) electrons. The zero-order valence-corrected chi connectivity index (χ0v) is 107. The molecule has 16 fully saturated rings. The van der Waals surface area contributed by atoms with Crippen molar-refractivity contribution >= 4 is 221 Å². The van der Waals surface area contributed by atoms with Crippen molar-refractivity contribution < 1.29 is 213 Å². The van der Waals surface area contributed by atoms with Crippen LogP contribution in [-0.4, -0.2) is 306 Å². The van der Waals surface area contributed by atoms with Gasteiger partial charge in [-0.05, 0) is 153 Å². The molecule has 4 aliphatic carbocycles. The highest BCUT2D eigenvalue weighted by atomic mass is 35.5. The zero-order chi connectivity index (χ0) is 103. The molecule has 0 aromatic rings. The van der Waals surface area contributed by atoms with Crippen LogP contribution in [0.15, 0.2) is 24.3 Å². The van der Waals surface area contributed by atoms with Crippen molar-refractivity contribution in [2.75, 3.05) is 133 Å². The van der Waals surface area contributed by atoms with E-state index in [0.29, 0.717) is 287 Å². The van der Waals surface area contributed by atoms with Crippen molar-refractivity contribution in [3.8, 4) is 0 Å². The SMILES string of the molecule is CO[Si](CCCN)(OC)OC.NCCC[Si]12O[Si]3(CCCN)O[Si]4(CCCN)O[Si](CCCN)(O1)O[Si]1(CCCN)O[Si](CCCN)(O2)O[Si](CCCN)(O3)O[Si](CCCN)(O4)O1.O=C1OC(=O)C2C3C=CC(C3)C12.O=C1OC(=O)C2C3C=CC(C3)C12.[Cl-].[Cl-].[Cl-].[Cl-].[NH3+]CCC[Si]12O[Si]3(CCC[NH3+])O[Si]4(CCC[NH3+])O[Si](CCC[NH3+])(O1)O[Si]1(CCC[N-]Cl)O[Si](CCC[N-]Cl)(O2)O[Si](CCC[N-]Cl)(O3)O[Si](CCC[N-]Cl)(O4)O1. The Hall–Kier alpha value is 2.01. The first kappa shape index (κ1) is 134. The van der Waals surface area contributed by atoms with Gasteiger partial charge in [0.2, 0.25) is 0 Å². The molecule has 0 aromatic heterocycles. The molecular weight excluding hydrogens is 2390 g/mol. The van der Waals surface area contributed by atoms with E-state index in [4.69, 9.17) is 211 Å². The average molecular weight is 2550 g/mol. The number of cyclic esters (lactones) is 4. The maximum Gasteiger partial charge on any atom is 0.500 e. The second-order valence-corrected chi connectivity index (χ2v) is 91.3. The lowest BCUT2D eigenvalue weighted by molar-refractivity contribution is -0.368. The van der Waals surface area contributed by atoms with Crippen LogP contribution in [0.1, 0.15) is 122 Å². The van der Waals surface area contributed by atoms with Crippen LogP contribution in [0, 0.1) is 47.3 Å². The topological polar surface area (TPSA) is 737 Å². The quantitative estimate of drug-likeness (QED) is 0.00884. The number of esters is 4. The standard InChI is InChI=1S/C24H56Cl4N8O12Si8.C24H64N8O12Si8.2C9H8O3.C6H17NO3Si.4ClH/c25-33-13-5-21-53-41-49(17-1-9-29)37-50(18-2-10-30)39-52(20-4-12-32)40-51(38-49,19-3-11-31)43-55(46-53,23-7-15-35-27)48-56(44-52,24-8-16-36-28)47-54(42-50,45-53)22-6-14-34-26;25-9-1-17-45-33-46(18-2-10-26)36-49(21-5-13-29)38-47(34-45,19-3-11-27)40-51(23-7-15-31)41-48(35-45,20-4-12-28)39-50(37-46,22-6-14-30)43-52(42-49,44-51)24-8-16-32;2*10-8-6-4-1-2-5(3-4)7(6)9(11)12-8;1-8-11(9-2,10-3)6-4-5-7;;;;/h1-24,29-32H2;1-32H2;2*1-2,4-7H,3H2;4-7H2,1-3H3;4*1H/q-4;;;;;;;;. The first-order valence-electron chi connectivity index (χ1n) is 50.7. The summed E-state index contributed by atoms with van der Waals surface area (Å²) in [4.78, 5) is 60.2. The molecule has 75 heteroatoms. The van der Waals surface area contributed by atoms with Gasteiger partial charge in [-0.3, -0.25) is 66.3 Å². The number of halogens is 8. The van der Waals surface area contributed by atoms with Gasteiger partial charge in [0.25, 0.3) is 0 Å². The van der Waals surface area contributed by atoms with Gasteiger partial charge in [-0.1, -0.05) is 50.0 Å². The van der Waals surface area contributed by atoms with Crippen molar-refractivity contribution in [2.45, 2.75) is 225 Å². The number of hydrogen-bond acceptors (Lipinski definition) is 42. The van der Waals surface area contributed by atoms with Gasteiger partial charge >= 0.3 is 174 Å². The number of rotatable bonds is 58. The lowest BCUT2D eigenvalue weighted by atomic mass is 9.85. The minimum atomic E-state index is -4.11. The van der Waals surface area contributed by atoms with Crippen molar-refractivity contribution in [3.05, 3.63) is 43.6 Å². The lowest BCUT2D eigenvalue weighted by Crippen LogP contribution is -3.00. The van der Waals surface area contributed by atoms with Crippen LogP contribution in [0.25, 0.3) is 19.3 Å². The molecule has 14 aliphatic heterocycles. The fourth-order valence-electron chi connectivity index (χ4n) is 20.7. The summed E-state index contributed by atoms with van der Waals surface area (Å²) in [7, 11) is -62.2. The van der Waals surface area contributed by atoms with Gasteiger partial charge in [0.15, 0.2) is 0 Å². The summed E-state index contributed by atoms with van der Waals surface area (Å²) in [6, 6.07) is 5.59. The molecule has 18 rings (SSSR count). The van der Waals surface area contributed by atoms with E-state index in [1.807, 2.05) is 24.3 Å². The molecule has 30 N–H and O–H groups in total. The fraction of sp³-hybridized carbons (Fsp3) is 0.889. The summed E-state index contributed by atoms with van der Waals surface area (Å²) in [5, 5.41) is 0. The number of nitrogens with zero attached hydrogens (tertiary/aromatic N) is 4. The largest absolute Gasteiger partial charge is 1.00 e. The van der Waals surface area contributed by atoms with E-state index >= 15 is 0 Å². The van der Waals surface area contributed by atoms with Gasteiger partial charge in [-0.15, -0.1) is 26.2 Å². The van der Waals surface area contributed by atoms with E-state index in [-0.39, 0.29) is 145 Å². The van der Waals surface area contributed by atoms with Gasteiger partial charge in [0.1, 0.15) is 0 Å². The maximum absolute atomic E-state index is 11.2. The minimum Gasteiger partial charge on any atom is -1.00 e. The van der Waals surface area contributed by atoms with Crippen molar-refractivity contribution in [1.82, 2.24) is 0 Å². The Morgan fingerprint density at radius 1 is 0.259 bits per heavy atom. The molecule has 0 aromatic carbocycles. The molecular formula is C72H157Cl8N17O33Si17-4. The highest BCUT2D eigenvalue weighted by Gasteiger charge is 2.86. The van der Waals surface area contributed by atoms with Crippen LogP contribution in [0.4, 0.5) is 0 Å². The highest BCUT2D eigenvalue weighted by molar-refractivity contribution is 7.05. The minimum absolute atomic E-state index is 0. The summed E-state index contributed by atoms with van der Waals surface area (Å²) in [5.74, 6) is -0.691. The molecule has 18 aliphatic rings. The number of carbonyl (C=O) groups is 4. The zero-order valence-electron chi connectivity index (χ0n) is 84.2. The Balaban J connectivity index is 0.000000262. The summed E-state index contributed by atoms with van der Waals surface area (Å²) in [6.07, 6.45) is 19.1. The third-order valence-corrected chi connectivity index (χ3v) is 106. The van der Waals surface area contributed by atoms with Crippen LogP contribution < -0.4 is 124 Å². The molecule has 856 valence electrons. The lowest BCUT2D eigenvalue weighted by Gasteiger charge is -2.63. The Morgan fingerprint density at radius 3 is 0.517 bits per heavy atom. The van der Waals surface area contributed by atoms with E-state index < -0.39 is 150 Å². The average Bonchev–Trinajstić information content (AvgIpc) is 1.66. The van der Waals surface area contributed by atoms with E-state index in [2.05, 4.69) is 51.8 Å². The predicted octanol–water partition coefficient (Wildman–Crippen LogP) is -10.2. The molecule has 14 saturated heterocycles. The van der Waals surface area contributed by atoms with Gasteiger partial charge < -0.3 is 265 Å². The fourth-order valence-corrected chi connectivity index (χ4v) is 124. The van der Waals surface area contributed by atoms with E-state index in [1.165, 1.54) is 0 Å². The Morgan fingerprint density at radius 2 is 0.395 bits per heavy atom. The summed E-state index contributed by atoms with van der Waals surface area (Å²) < 4.78 is 205. The monoisotopic (exact) mass is 2540 g/mol. The van der Waals surface area contributed by atoms with E-state index in [1.54, 1.807) is 21.3 Å². The van der Waals surface area contributed by atoms with Crippen LogP contribution in [0.2, 0.25) is 103 Å². The highest BCUT2D eigenvalue weighted by Crippen LogP contribution is 2.60. The molecule has 2 saturated carbocycles. The van der Waals surface area contributed by atoms with E-state index in [9.17, 15) is 19.2 Å². The van der Waals surface area contributed by atoms with Crippen LogP contribution >= 0.6 is 47.1 Å². The number of carbonyl (C=O) groups excluding carboxylic acids is 4. The summed E-state index contributed by atoms with van der Waals surface area (Å²) >= 11 is 23.7. The number of quaternary nitrogens is 4. The molecule has 0 spiro atoms. The number of nitrogens with two attached hydrogens (primary N) is 9. The van der Waals surface area contributed by atoms with Crippen LogP contribution in [-0.2, 0) is 141 Å². The molecule has 50 nitrogen and oxygen atoms in total. The second kappa shape index (κ2) is 60.5. The third-order valence-electron chi connectivity index (χ3n) is 26.8. The third kappa shape index (κ3) is 32.8. The number of ether oxygens (including phenoxy) is 2. The molecule has 8 atom stereocenters. The Bertz CT molecular complexity index is 3490. The molecule has 0 amide bonds.